The van der Waals surface area contributed by atoms with Crippen molar-refractivity contribution in [2.45, 2.75) is 26.3 Å². The zero-order chi connectivity index (χ0) is 13.4. The summed E-state index contributed by atoms with van der Waals surface area (Å²) in [6.07, 6.45) is 1.36. The van der Waals surface area contributed by atoms with Crippen molar-refractivity contribution < 1.29 is 9.53 Å². The summed E-state index contributed by atoms with van der Waals surface area (Å²) in [5.41, 5.74) is 6.55. The Labute approximate surface area is 109 Å². The van der Waals surface area contributed by atoms with Gasteiger partial charge in [0.1, 0.15) is 5.75 Å². The Balaban J connectivity index is 2.33. The largest absolute Gasteiger partial charge is 0.497 e. The zero-order valence-electron chi connectivity index (χ0n) is 11.1. The van der Waals surface area contributed by atoms with Gasteiger partial charge in [-0.1, -0.05) is 19.1 Å². The predicted molar refractivity (Wildman–Crippen MR) is 72.3 cm³/mol. The summed E-state index contributed by atoms with van der Waals surface area (Å²) < 4.78 is 5.13. The van der Waals surface area contributed by atoms with E-state index in [1.165, 1.54) is 0 Å². The molecule has 18 heavy (non-hydrogen) atoms. The molecule has 3 N–H and O–H groups in total. The summed E-state index contributed by atoms with van der Waals surface area (Å²) >= 11 is 0. The molecule has 1 unspecified atom stereocenters. The van der Waals surface area contributed by atoms with E-state index in [9.17, 15) is 4.79 Å². The topological polar surface area (TPSA) is 64.3 Å². The molecule has 4 heteroatoms. The van der Waals surface area contributed by atoms with Gasteiger partial charge in [-0.3, -0.25) is 4.79 Å². The van der Waals surface area contributed by atoms with Crippen LogP contribution in [0.4, 0.5) is 0 Å². The van der Waals surface area contributed by atoms with Crippen LogP contribution in [0, 0.1) is 5.92 Å². The average molecular weight is 250 g/mol. The van der Waals surface area contributed by atoms with Crippen LogP contribution in [-0.2, 0) is 11.3 Å². The van der Waals surface area contributed by atoms with E-state index in [2.05, 4.69) is 12.2 Å². The lowest BCUT2D eigenvalue weighted by molar-refractivity contribution is -0.121. The molecule has 0 fully saturated rings. The van der Waals surface area contributed by atoms with E-state index >= 15 is 0 Å². The van der Waals surface area contributed by atoms with Crippen molar-refractivity contribution in [1.82, 2.24) is 5.32 Å². The van der Waals surface area contributed by atoms with Gasteiger partial charge in [-0.15, -0.1) is 0 Å². The second-order valence-corrected chi connectivity index (χ2v) is 4.51. The number of methoxy groups -OCH3 is 1. The maximum absolute atomic E-state index is 11.6. The molecular weight excluding hydrogens is 228 g/mol. The zero-order valence-corrected chi connectivity index (χ0v) is 11.1. The number of hydrogen-bond donors (Lipinski definition) is 2. The molecule has 0 saturated carbocycles. The molecule has 0 heterocycles. The van der Waals surface area contributed by atoms with E-state index in [0.29, 0.717) is 25.4 Å². The Morgan fingerprint density at radius 3 is 2.94 bits per heavy atom. The predicted octanol–water partition coefficient (Wildman–Crippen LogP) is 1.69. The van der Waals surface area contributed by atoms with Crippen molar-refractivity contribution >= 4 is 5.91 Å². The number of benzene rings is 1. The SMILES string of the molecule is COc1cccc(CNC(=O)CCC(C)CN)c1. The first kappa shape index (κ1) is 14.5. The first-order valence-electron chi connectivity index (χ1n) is 6.25. The number of ether oxygens (including phenoxy) is 1. The number of carbonyl (C=O) groups is 1. The highest BCUT2D eigenvalue weighted by Gasteiger charge is 2.05. The van der Waals surface area contributed by atoms with Crippen LogP contribution in [0.15, 0.2) is 24.3 Å². The van der Waals surface area contributed by atoms with Gasteiger partial charge in [-0.2, -0.15) is 0 Å². The van der Waals surface area contributed by atoms with Crippen LogP contribution in [-0.4, -0.2) is 19.6 Å². The molecule has 0 aliphatic heterocycles. The summed E-state index contributed by atoms with van der Waals surface area (Å²) in [5.74, 6) is 1.27. The van der Waals surface area contributed by atoms with Gasteiger partial charge in [-0.25, -0.2) is 0 Å². The van der Waals surface area contributed by atoms with E-state index < -0.39 is 0 Å². The van der Waals surface area contributed by atoms with E-state index in [4.69, 9.17) is 10.5 Å². The van der Waals surface area contributed by atoms with Gasteiger partial charge in [0.25, 0.3) is 0 Å². The third-order valence-electron chi connectivity index (χ3n) is 2.89. The highest BCUT2D eigenvalue weighted by Crippen LogP contribution is 2.12. The fourth-order valence-corrected chi connectivity index (χ4v) is 1.57. The lowest BCUT2D eigenvalue weighted by Gasteiger charge is -2.09. The van der Waals surface area contributed by atoms with Gasteiger partial charge in [0.2, 0.25) is 5.91 Å². The molecule has 1 atom stereocenters. The Hall–Kier alpha value is -1.55. The quantitative estimate of drug-likeness (QED) is 0.774. The van der Waals surface area contributed by atoms with Crippen LogP contribution in [0.5, 0.6) is 5.75 Å². The highest BCUT2D eigenvalue weighted by atomic mass is 16.5. The molecule has 1 aromatic carbocycles. The fraction of sp³-hybridized carbons (Fsp3) is 0.500. The van der Waals surface area contributed by atoms with Crippen molar-refractivity contribution in [3.05, 3.63) is 29.8 Å². The minimum atomic E-state index is 0.0677. The molecule has 1 amide bonds. The Morgan fingerprint density at radius 1 is 1.50 bits per heavy atom. The highest BCUT2D eigenvalue weighted by molar-refractivity contribution is 5.75. The number of carbonyl (C=O) groups excluding carboxylic acids is 1. The van der Waals surface area contributed by atoms with Crippen LogP contribution in [0.1, 0.15) is 25.3 Å². The molecule has 0 spiro atoms. The van der Waals surface area contributed by atoms with Gasteiger partial charge < -0.3 is 15.8 Å². The van der Waals surface area contributed by atoms with Crippen molar-refractivity contribution in [2.24, 2.45) is 11.7 Å². The number of nitrogens with one attached hydrogen (secondary N) is 1. The third-order valence-corrected chi connectivity index (χ3v) is 2.89. The van der Waals surface area contributed by atoms with Crippen LogP contribution in [0.25, 0.3) is 0 Å². The molecule has 1 aromatic rings. The van der Waals surface area contributed by atoms with Crippen LogP contribution in [0.2, 0.25) is 0 Å². The standard InChI is InChI=1S/C14H22N2O2/c1-11(9-15)6-7-14(17)16-10-12-4-3-5-13(8-12)18-2/h3-5,8,11H,6-7,9-10,15H2,1-2H3,(H,16,17). The van der Waals surface area contributed by atoms with Gasteiger partial charge in [0, 0.05) is 13.0 Å². The Morgan fingerprint density at radius 2 is 2.28 bits per heavy atom. The summed E-state index contributed by atoms with van der Waals surface area (Å²) in [5, 5.41) is 2.89. The Bertz CT molecular complexity index is 380. The molecule has 0 radical (unpaired) electrons. The molecule has 100 valence electrons. The molecule has 0 aliphatic carbocycles. The van der Waals surface area contributed by atoms with E-state index in [-0.39, 0.29) is 5.91 Å². The first-order valence-corrected chi connectivity index (χ1v) is 6.25. The van der Waals surface area contributed by atoms with Crippen molar-refractivity contribution in [3.63, 3.8) is 0 Å². The summed E-state index contributed by atoms with van der Waals surface area (Å²) in [6.45, 7) is 3.21. The fourth-order valence-electron chi connectivity index (χ4n) is 1.57. The molecule has 0 aliphatic rings. The second kappa shape index (κ2) is 7.71. The number of nitrogens with two attached hydrogens (primary N) is 1. The van der Waals surface area contributed by atoms with E-state index in [0.717, 1.165) is 17.7 Å². The number of amides is 1. The van der Waals surface area contributed by atoms with Crippen LogP contribution >= 0.6 is 0 Å². The van der Waals surface area contributed by atoms with Gasteiger partial charge in [0.15, 0.2) is 0 Å². The first-order chi connectivity index (χ1) is 8.65. The minimum Gasteiger partial charge on any atom is -0.497 e. The Kier molecular flexibility index (Phi) is 6.22. The van der Waals surface area contributed by atoms with E-state index in [1.807, 2.05) is 24.3 Å². The van der Waals surface area contributed by atoms with Crippen molar-refractivity contribution in [3.8, 4) is 5.75 Å². The van der Waals surface area contributed by atoms with Gasteiger partial charge in [0.05, 0.1) is 7.11 Å². The van der Waals surface area contributed by atoms with Crippen molar-refractivity contribution in [1.29, 1.82) is 0 Å². The lowest BCUT2D eigenvalue weighted by atomic mass is 10.1. The lowest BCUT2D eigenvalue weighted by Crippen LogP contribution is -2.23. The summed E-state index contributed by atoms with van der Waals surface area (Å²) in [6, 6.07) is 7.68. The number of rotatable bonds is 7. The molecule has 0 saturated heterocycles. The second-order valence-electron chi connectivity index (χ2n) is 4.51. The molecule has 4 nitrogen and oxygen atoms in total. The maximum Gasteiger partial charge on any atom is 0.220 e. The normalized spacial score (nSPS) is 11.9. The minimum absolute atomic E-state index is 0.0677. The summed E-state index contributed by atoms with van der Waals surface area (Å²) in [7, 11) is 1.63. The van der Waals surface area contributed by atoms with Gasteiger partial charge in [-0.05, 0) is 36.6 Å². The number of hydrogen-bond acceptors (Lipinski definition) is 3. The van der Waals surface area contributed by atoms with Gasteiger partial charge >= 0.3 is 0 Å². The smallest absolute Gasteiger partial charge is 0.220 e. The molecular formula is C14H22N2O2. The summed E-state index contributed by atoms with van der Waals surface area (Å²) in [4.78, 5) is 11.6. The monoisotopic (exact) mass is 250 g/mol. The molecule has 0 bridgehead atoms. The van der Waals surface area contributed by atoms with Crippen molar-refractivity contribution in [2.75, 3.05) is 13.7 Å². The van der Waals surface area contributed by atoms with Crippen LogP contribution in [0.3, 0.4) is 0 Å². The maximum atomic E-state index is 11.6. The van der Waals surface area contributed by atoms with E-state index in [1.54, 1.807) is 7.11 Å². The third kappa shape index (κ3) is 5.19. The average Bonchev–Trinajstić information content (AvgIpc) is 2.42. The van der Waals surface area contributed by atoms with Crippen LogP contribution < -0.4 is 15.8 Å². The molecule has 1 rings (SSSR count). The molecule has 0 aromatic heterocycles.